The van der Waals surface area contributed by atoms with Crippen LogP contribution < -0.4 is 5.73 Å². The number of hydrogen-bond acceptors (Lipinski definition) is 5. The lowest BCUT2D eigenvalue weighted by Gasteiger charge is -2.25. The van der Waals surface area contributed by atoms with Crippen LogP contribution in [0.3, 0.4) is 0 Å². The lowest BCUT2D eigenvalue weighted by molar-refractivity contribution is -0.149. The van der Waals surface area contributed by atoms with Gasteiger partial charge in [0.1, 0.15) is 5.60 Å². The molecule has 0 aliphatic carbocycles. The standard InChI is InChI=1S/C11H17NO3S/c1-2-15-10(13)8-11(14,5-6-12)9-4-3-7-16-9/h3-4,7,14H,2,5-6,8,12H2,1H3. The van der Waals surface area contributed by atoms with E-state index in [4.69, 9.17) is 10.5 Å². The number of ether oxygens (including phenoxy) is 1. The first kappa shape index (κ1) is 13.2. The van der Waals surface area contributed by atoms with Gasteiger partial charge in [0.2, 0.25) is 0 Å². The highest BCUT2D eigenvalue weighted by Crippen LogP contribution is 2.32. The lowest BCUT2D eigenvalue weighted by atomic mass is 9.94. The number of aliphatic hydroxyl groups is 1. The Bertz CT molecular complexity index is 326. The average Bonchev–Trinajstić information content (AvgIpc) is 2.71. The molecule has 0 bridgehead atoms. The molecular weight excluding hydrogens is 226 g/mol. The topological polar surface area (TPSA) is 72.5 Å². The van der Waals surface area contributed by atoms with Crippen LogP contribution in [-0.2, 0) is 15.1 Å². The van der Waals surface area contributed by atoms with Crippen LogP contribution in [0.15, 0.2) is 17.5 Å². The Morgan fingerprint density at radius 3 is 2.94 bits per heavy atom. The van der Waals surface area contributed by atoms with Crippen LogP contribution in [-0.4, -0.2) is 24.2 Å². The fraction of sp³-hybridized carbons (Fsp3) is 0.545. The number of thiophene rings is 1. The van der Waals surface area contributed by atoms with Gasteiger partial charge in [0.15, 0.2) is 0 Å². The lowest BCUT2D eigenvalue weighted by Crippen LogP contribution is -2.31. The van der Waals surface area contributed by atoms with E-state index in [1.54, 1.807) is 13.0 Å². The van der Waals surface area contributed by atoms with E-state index >= 15 is 0 Å². The predicted molar refractivity (Wildman–Crippen MR) is 63.1 cm³/mol. The molecule has 1 heterocycles. The zero-order valence-corrected chi connectivity index (χ0v) is 10.1. The van der Waals surface area contributed by atoms with Gasteiger partial charge in [0.25, 0.3) is 0 Å². The second kappa shape index (κ2) is 5.98. The number of nitrogens with two attached hydrogens (primary N) is 1. The number of carbonyl (C=O) groups excluding carboxylic acids is 1. The summed E-state index contributed by atoms with van der Waals surface area (Å²) in [6.45, 7) is 2.39. The molecule has 0 amide bonds. The molecule has 0 radical (unpaired) electrons. The van der Waals surface area contributed by atoms with Gasteiger partial charge < -0.3 is 15.6 Å². The third-order valence-corrected chi connectivity index (χ3v) is 3.34. The average molecular weight is 243 g/mol. The van der Waals surface area contributed by atoms with Crippen molar-refractivity contribution in [3.63, 3.8) is 0 Å². The Morgan fingerprint density at radius 1 is 1.69 bits per heavy atom. The molecule has 0 saturated heterocycles. The van der Waals surface area contributed by atoms with Crippen molar-refractivity contribution in [2.75, 3.05) is 13.2 Å². The SMILES string of the molecule is CCOC(=O)CC(O)(CCN)c1cccs1. The Kier molecular flexibility index (Phi) is 4.92. The normalized spacial score (nSPS) is 14.4. The molecule has 0 aromatic carbocycles. The molecule has 3 N–H and O–H groups in total. The number of rotatable bonds is 6. The van der Waals surface area contributed by atoms with E-state index in [0.29, 0.717) is 19.6 Å². The van der Waals surface area contributed by atoms with Crippen LogP contribution in [0.5, 0.6) is 0 Å². The van der Waals surface area contributed by atoms with E-state index in [1.165, 1.54) is 11.3 Å². The van der Waals surface area contributed by atoms with Crippen molar-refractivity contribution in [1.29, 1.82) is 0 Å². The highest BCUT2D eigenvalue weighted by atomic mass is 32.1. The first-order valence-electron chi connectivity index (χ1n) is 5.24. The molecule has 0 aliphatic rings. The minimum absolute atomic E-state index is 0.0431. The highest BCUT2D eigenvalue weighted by molar-refractivity contribution is 7.10. The molecule has 1 unspecified atom stereocenters. The Morgan fingerprint density at radius 2 is 2.44 bits per heavy atom. The van der Waals surface area contributed by atoms with Crippen molar-refractivity contribution in [2.45, 2.75) is 25.4 Å². The second-order valence-electron chi connectivity index (χ2n) is 3.53. The summed E-state index contributed by atoms with van der Waals surface area (Å²) in [7, 11) is 0. The minimum Gasteiger partial charge on any atom is -0.466 e. The number of esters is 1. The van der Waals surface area contributed by atoms with Crippen LogP contribution in [0.25, 0.3) is 0 Å². The van der Waals surface area contributed by atoms with Gasteiger partial charge in [-0.2, -0.15) is 0 Å². The van der Waals surface area contributed by atoms with Gasteiger partial charge in [-0.05, 0) is 31.3 Å². The summed E-state index contributed by atoms with van der Waals surface area (Å²) in [6.07, 6.45) is 0.310. The van der Waals surface area contributed by atoms with Crippen LogP contribution in [0.2, 0.25) is 0 Å². The van der Waals surface area contributed by atoms with E-state index in [2.05, 4.69) is 0 Å². The Balaban J connectivity index is 2.77. The molecule has 1 aromatic rings. The van der Waals surface area contributed by atoms with Gasteiger partial charge in [-0.25, -0.2) is 0 Å². The summed E-state index contributed by atoms with van der Waals surface area (Å²) in [4.78, 5) is 12.2. The van der Waals surface area contributed by atoms with E-state index in [9.17, 15) is 9.90 Å². The van der Waals surface area contributed by atoms with Crippen molar-refractivity contribution in [1.82, 2.24) is 0 Å². The molecular formula is C11H17NO3S. The fourth-order valence-electron chi connectivity index (χ4n) is 1.53. The molecule has 0 fully saturated rings. The third-order valence-electron chi connectivity index (χ3n) is 2.28. The smallest absolute Gasteiger partial charge is 0.309 e. The summed E-state index contributed by atoms with van der Waals surface area (Å²) in [5.41, 5.74) is 4.28. The number of hydrogen-bond donors (Lipinski definition) is 2. The highest BCUT2D eigenvalue weighted by Gasteiger charge is 2.33. The zero-order chi connectivity index (χ0) is 12.0. The summed E-state index contributed by atoms with van der Waals surface area (Å²) in [6, 6.07) is 3.65. The monoisotopic (exact) mass is 243 g/mol. The van der Waals surface area contributed by atoms with Crippen molar-refractivity contribution in [2.24, 2.45) is 5.73 Å². The van der Waals surface area contributed by atoms with Crippen molar-refractivity contribution in [3.8, 4) is 0 Å². The molecule has 5 heteroatoms. The van der Waals surface area contributed by atoms with Crippen LogP contribution >= 0.6 is 11.3 Å². The van der Waals surface area contributed by atoms with E-state index < -0.39 is 11.6 Å². The minimum atomic E-state index is -1.19. The van der Waals surface area contributed by atoms with Gasteiger partial charge in [-0.15, -0.1) is 11.3 Å². The van der Waals surface area contributed by atoms with Gasteiger partial charge >= 0.3 is 5.97 Å². The van der Waals surface area contributed by atoms with E-state index in [-0.39, 0.29) is 6.42 Å². The van der Waals surface area contributed by atoms with E-state index in [0.717, 1.165) is 4.88 Å². The van der Waals surface area contributed by atoms with Crippen LogP contribution in [0, 0.1) is 0 Å². The van der Waals surface area contributed by atoms with E-state index in [1.807, 2.05) is 11.4 Å². The molecule has 1 atom stereocenters. The Labute approximate surface area is 99.0 Å². The molecule has 0 spiro atoms. The first-order valence-corrected chi connectivity index (χ1v) is 6.12. The maximum absolute atomic E-state index is 11.4. The maximum atomic E-state index is 11.4. The largest absolute Gasteiger partial charge is 0.466 e. The fourth-order valence-corrected chi connectivity index (χ4v) is 2.39. The molecule has 90 valence electrons. The summed E-state index contributed by atoms with van der Waals surface area (Å²) in [5, 5.41) is 12.3. The quantitative estimate of drug-likeness (QED) is 0.737. The molecule has 0 aliphatic heterocycles. The zero-order valence-electron chi connectivity index (χ0n) is 9.31. The Hall–Kier alpha value is -0.910. The van der Waals surface area contributed by atoms with Gasteiger partial charge in [0, 0.05) is 4.88 Å². The molecule has 1 rings (SSSR count). The predicted octanol–water partition coefficient (Wildman–Crippen LogP) is 1.24. The van der Waals surface area contributed by atoms with Gasteiger partial charge in [-0.1, -0.05) is 6.07 Å². The summed E-state index contributed by atoms with van der Waals surface area (Å²) in [5.74, 6) is -0.396. The molecule has 4 nitrogen and oxygen atoms in total. The van der Waals surface area contributed by atoms with Gasteiger partial charge in [-0.3, -0.25) is 4.79 Å². The molecule has 0 saturated carbocycles. The van der Waals surface area contributed by atoms with Crippen molar-refractivity contribution >= 4 is 17.3 Å². The third kappa shape index (κ3) is 3.30. The van der Waals surface area contributed by atoms with Crippen molar-refractivity contribution < 1.29 is 14.6 Å². The van der Waals surface area contributed by atoms with Crippen LogP contribution in [0.1, 0.15) is 24.6 Å². The molecule has 1 aromatic heterocycles. The number of carbonyl (C=O) groups is 1. The van der Waals surface area contributed by atoms with Crippen molar-refractivity contribution in [3.05, 3.63) is 22.4 Å². The summed E-state index contributed by atoms with van der Waals surface area (Å²) >= 11 is 1.42. The molecule has 16 heavy (non-hydrogen) atoms. The van der Waals surface area contributed by atoms with Crippen LogP contribution in [0.4, 0.5) is 0 Å². The first-order chi connectivity index (χ1) is 7.62. The maximum Gasteiger partial charge on any atom is 0.309 e. The van der Waals surface area contributed by atoms with Gasteiger partial charge in [0.05, 0.1) is 13.0 Å². The summed E-state index contributed by atoms with van der Waals surface area (Å²) < 4.78 is 4.85. The second-order valence-corrected chi connectivity index (χ2v) is 4.48.